The lowest BCUT2D eigenvalue weighted by atomic mass is 10.0. The third-order valence-corrected chi connectivity index (χ3v) is 6.05. The number of H-pyrrole nitrogens is 1. The number of ether oxygens (including phenoxy) is 2. The van der Waals surface area contributed by atoms with Gasteiger partial charge in [-0.05, 0) is 56.8 Å². The number of hydrogen-bond acceptors (Lipinski definition) is 6. The van der Waals surface area contributed by atoms with Gasteiger partial charge in [-0.3, -0.25) is 9.89 Å². The van der Waals surface area contributed by atoms with Crippen molar-refractivity contribution in [3.05, 3.63) is 54.9 Å². The fraction of sp³-hybridized carbons (Fsp3) is 0.360. The lowest BCUT2D eigenvalue weighted by Gasteiger charge is -2.37. The molecule has 0 bridgehead atoms. The van der Waals surface area contributed by atoms with E-state index in [1.807, 2.05) is 30.5 Å². The molecule has 1 saturated heterocycles. The number of piperidine rings is 1. The summed E-state index contributed by atoms with van der Waals surface area (Å²) in [6, 6.07) is 13.9. The van der Waals surface area contributed by atoms with E-state index >= 15 is 0 Å². The van der Waals surface area contributed by atoms with E-state index in [0.29, 0.717) is 17.5 Å². The number of amides is 1. The summed E-state index contributed by atoms with van der Waals surface area (Å²) < 4.78 is 10.9. The molecular formula is C25H31N5O3. The number of methoxy groups -OCH3 is 1. The number of carbonyl (C=O) groups is 1. The van der Waals surface area contributed by atoms with Gasteiger partial charge in [-0.25, -0.2) is 0 Å². The van der Waals surface area contributed by atoms with Crippen molar-refractivity contribution in [1.29, 1.82) is 0 Å². The number of nitrogens with zero attached hydrogens (tertiary/aromatic N) is 3. The second kappa shape index (κ2) is 10.4. The molecule has 1 aliphatic rings. The fourth-order valence-electron chi connectivity index (χ4n) is 4.14. The van der Waals surface area contributed by atoms with Crippen LogP contribution in [0.15, 0.2) is 54.9 Å². The molecule has 0 radical (unpaired) electrons. The van der Waals surface area contributed by atoms with Crippen molar-refractivity contribution in [2.45, 2.75) is 18.9 Å². The predicted octanol–water partition coefficient (Wildman–Crippen LogP) is 3.63. The number of carbonyl (C=O) groups excluding carboxylic acids is 1. The Hall–Kier alpha value is -3.52. The van der Waals surface area contributed by atoms with Crippen LogP contribution < -0.4 is 19.7 Å². The van der Waals surface area contributed by atoms with Gasteiger partial charge in [0.1, 0.15) is 11.5 Å². The molecule has 0 aliphatic carbocycles. The summed E-state index contributed by atoms with van der Waals surface area (Å²) in [5.74, 6) is 1.07. The number of benzene rings is 2. The number of rotatable bonds is 8. The van der Waals surface area contributed by atoms with E-state index in [1.165, 1.54) is 0 Å². The maximum absolute atomic E-state index is 12.7. The van der Waals surface area contributed by atoms with Gasteiger partial charge in [0.2, 0.25) is 0 Å². The van der Waals surface area contributed by atoms with Gasteiger partial charge < -0.3 is 24.6 Å². The van der Waals surface area contributed by atoms with Gasteiger partial charge in [0.15, 0.2) is 6.61 Å². The minimum Gasteiger partial charge on any atom is -0.497 e. The van der Waals surface area contributed by atoms with Crippen LogP contribution in [-0.4, -0.2) is 67.9 Å². The Bertz CT molecular complexity index is 1060. The van der Waals surface area contributed by atoms with E-state index < -0.39 is 0 Å². The maximum Gasteiger partial charge on any atom is 0.262 e. The normalized spacial score (nSPS) is 14.4. The minimum absolute atomic E-state index is 0.0845. The molecule has 3 aromatic rings. The van der Waals surface area contributed by atoms with E-state index in [0.717, 1.165) is 48.4 Å². The summed E-state index contributed by atoms with van der Waals surface area (Å²) in [5.41, 5.74) is 3.86. The molecule has 4 rings (SSSR count). The van der Waals surface area contributed by atoms with Crippen LogP contribution in [-0.2, 0) is 4.79 Å². The molecular weight excluding hydrogens is 418 g/mol. The average molecular weight is 450 g/mol. The van der Waals surface area contributed by atoms with E-state index in [9.17, 15) is 4.79 Å². The predicted molar refractivity (Wildman–Crippen MR) is 130 cm³/mol. The Kier molecular flexibility index (Phi) is 7.14. The van der Waals surface area contributed by atoms with Crippen molar-refractivity contribution in [3.63, 3.8) is 0 Å². The van der Waals surface area contributed by atoms with Crippen LogP contribution in [0.1, 0.15) is 12.8 Å². The lowest BCUT2D eigenvalue weighted by Crippen LogP contribution is -2.42. The molecule has 0 spiro atoms. The Morgan fingerprint density at radius 3 is 2.64 bits per heavy atom. The maximum atomic E-state index is 12.7. The molecule has 1 amide bonds. The first-order chi connectivity index (χ1) is 16.0. The van der Waals surface area contributed by atoms with E-state index in [1.54, 1.807) is 25.4 Å². The lowest BCUT2D eigenvalue weighted by molar-refractivity contribution is -0.118. The summed E-state index contributed by atoms with van der Waals surface area (Å²) in [5, 5.41) is 9.98. The van der Waals surface area contributed by atoms with Crippen LogP contribution in [0.2, 0.25) is 0 Å². The Balaban J connectivity index is 1.49. The highest BCUT2D eigenvalue weighted by molar-refractivity contribution is 5.96. The van der Waals surface area contributed by atoms with Gasteiger partial charge in [0, 0.05) is 37.0 Å². The van der Waals surface area contributed by atoms with E-state index in [2.05, 4.69) is 45.5 Å². The van der Waals surface area contributed by atoms with Crippen LogP contribution in [0.5, 0.6) is 11.5 Å². The summed E-state index contributed by atoms with van der Waals surface area (Å²) in [6.45, 7) is 1.78. The quantitative estimate of drug-likeness (QED) is 0.547. The monoisotopic (exact) mass is 449 g/mol. The van der Waals surface area contributed by atoms with Gasteiger partial charge >= 0.3 is 0 Å². The zero-order valence-corrected chi connectivity index (χ0v) is 19.4. The molecule has 8 heteroatoms. The van der Waals surface area contributed by atoms with Gasteiger partial charge in [0.25, 0.3) is 5.91 Å². The largest absolute Gasteiger partial charge is 0.497 e. The van der Waals surface area contributed by atoms with Crippen molar-refractivity contribution in [1.82, 2.24) is 15.1 Å². The van der Waals surface area contributed by atoms with Gasteiger partial charge in [0.05, 0.1) is 24.7 Å². The van der Waals surface area contributed by atoms with Crippen LogP contribution >= 0.6 is 0 Å². The summed E-state index contributed by atoms with van der Waals surface area (Å²) in [6.07, 6.45) is 5.83. The van der Waals surface area contributed by atoms with Crippen LogP contribution in [0.4, 0.5) is 11.4 Å². The van der Waals surface area contributed by atoms with Crippen molar-refractivity contribution in [2.24, 2.45) is 0 Å². The standard InChI is InChI=1S/C25H31N5O3/c1-29(2)20-9-11-30(12-10-20)24-13-18(19-15-26-27-16-19)7-8-23(24)28-25(31)17-33-22-6-4-5-21(14-22)32-3/h4-8,13-16,20H,9-12,17H2,1-3H3,(H,26,27)(H,28,31). The second-order valence-corrected chi connectivity index (χ2v) is 8.42. The molecule has 33 heavy (non-hydrogen) atoms. The smallest absolute Gasteiger partial charge is 0.262 e. The number of anilines is 2. The first kappa shape index (κ1) is 22.7. The Morgan fingerprint density at radius 1 is 1.15 bits per heavy atom. The molecule has 1 aliphatic heterocycles. The Labute approximate surface area is 194 Å². The molecule has 1 fully saturated rings. The molecule has 174 valence electrons. The van der Waals surface area contributed by atoms with E-state index in [4.69, 9.17) is 9.47 Å². The highest BCUT2D eigenvalue weighted by Crippen LogP contribution is 2.34. The molecule has 2 aromatic carbocycles. The zero-order chi connectivity index (χ0) is 23.2. The molecule has 2 heterocycles. The second-order valence-electron chi connectivity index (χ2n) is 8.42. The number of aromatic amines is 1. The molecule has 2 N–H and O–H groups in total. The highest BCUT2D eigenvalue weighted by Gasteiger charge is 2.23. The molecule has 1 aromatic heterocycles. The summed E-state index contributed by atoms with van der Waals surface area (Å²) in [7, 11) is 5.86. The number of aromatic nitrogens is 2. The highest BCUT2D eigenvalue weighted by atomic mass is 16.5. The minimum atomic E-state index is -0.210. The van der Waals surface area contributed by atoms with Gasteiger partial charge in [-0.2, -0.15) is 5.10 Å². The Morgan fingerprint density at radius 2 is 1.94 bits per heavy atom. The third kappa shape index (κ3) is 5.64. The summed E-state index contributed by atoms with van der Waals surface area (Å²) >= 11 is 0. The number of nitrogens with one attached hydrogen (secondary N) is 2. The van der Waals surface area contributed by atoms with Gasteiger partial charge in [-0.15, -0.1) is 0 Å². The topological polar surface area (TPSA) is 82.7 Å². The van der Waals surface area contributed by atoms with Crippen LogP contribution in [0.3, 0.4) is 0 Å². The first-order valence-corrected chi connectivity index (χ1v) is 11.1. The zero-order valence-electron chi connectivity index (χ0n) is 19.4. The van der Waals surface area contributed by atoms with E-state index in [-0.39, 0.29) is 12.5 Å². The van der Waals surface area contributed by atoms with Crippen LogP contribution in [0, 0.1) is 0 Å². The van der Waals surface area contributed by atoms with Crippen molar-refractivity contribution in [3.8, 4) is 22.6 Å². The summed E-state index contributed by atoms with van der Waals surface area (Å²) in [4.78, 5) is 17.4. The van der Waals surface area contributed by atoms with Crippen molar-refractivity contribution >= 4 is 17.3 Å². The fourth-order valence-corrected chi connectivity index (χ4v) is 4.14. The molecule has 0 atom stereocenters. The van der Waals surface area contributed by atoms with Crippen molar-refractivity contribution in [2.75, 3.05) is 51.1 Å². The third-order valence-electron chi connectivity index (χ3n) is 6.05. The molecule has 0 saturated carbocycles. The first-order valence-electron chi connectivity index (χ1n) is 11.1. The SMILES string of the molecule is COc1cccc(OCC(=O)Nc2ccc(-c3cn[nH]c3)cc2N2CCC(N(C)C)CC2)c1. The number of hydrogen-bond donors (Lipinski definition) is 2. The van der Waals surface area contributed by atoms with Gasteiger partial charge in [-0.1, -0.05) is 12.1 Å². The molecule has 0 unspecified atom stereocenters. The van der Waals surface area contributed by atoms with Crippen LogP contribution in [0.25, 0.3) is 11.1 Å². The van der Waals surface area contributed by atoms with Crippen molar-refractivity contribution < 1.29 is 14.3 Å². The molecule has 8 nitrogen and oxygen atoms in total. The average Bonchev–Trinajstić information content (AvgIpc) is 3.38.